The molecule has 6 heterocycles. The molecule has 3 aromatic carbocycles. The summed E-state index contributed by atoms with van der Waals surface area (Å²) in [6.45, 7) is 9.06. The molecule has 2 amide bonds. The minimum absolute atomic E-state index is 0.000121. The number of nitrogens with zero attached hydrogens (tertiary/aromatic N) is 5. The lowest BCUT2D eigenvalue weighted by Gasteiger charge is -2.48. The molecule has 5 aliphatic rings. The van der Waals surface area contributed by atoms with Gasteiger partial charge in [-0.2, -0.15) is 0 Å². The van der Waals surface area contributed by atoms with E-state index >= 15 is 0 Å². The zero-order chi connectivity index (χ0) is 34.5. The lowest BCUT2D eigenvalue weighted by Crippen LogP contribution is -2.65. The first kappa shape index (κ1) is 32.3. The molecule has 0 saturated carbocycles. The van der Waals surface area contributed by atoms with E-state index in [1.165, 1.54) is 5.56 Å². The van der Waals surface area contributed by atoms with E-state index in [2.05, 4.69) is 63.1 Å². The second-order valence-electron chi connectivity index (χ2n) is 14.7. The van der Waals surface area contributed by atoms with Crippen molar-refractivity contribution in [2.75, 3.05) is 72.8 Å². The van der Waals surface area contributed by atoms with Crippen molar-refractivity contribution in [3.05, 3.63) is 89.1 Å². The number of carbonyl (C=O) groups excluding carboxylic acids is 2. The van der Waals surface area contributed by atoms with Crippen LogP contribution in [0.1, 0.15) is 41.3 Å². The van der Waals surface area contributed by atoms with Crippen LogP contribution in [0.25, 0.3) is 10.9 Å². The molecular weight excluding hydrogens is 644 g/mol. The summed E-state index contributed by atoms with van der Waals surface area (Å²) in [6.07, 6.45) is 2.37. The summed E-state index contributed by atoms with van der Waals surface area (Å²) in [5.74, 6) is 2.27. The first-order valence-corrected chi connectivity index (χ1v) is 18.4. The normalized spacial score (nSPS) is 24.0. The van der Waals surface area contributed by atoms with Crippen molar-refractivity contribution in [2.24, 2.45) is 0 Å². The third-order valence-electron chi connectivity index (χ3n) is 11.5. The van der Waals surface area contributed by atoms with Crippen LogP contribution in [0.4, 0.5) is 0 Å². The van der Waals surface area contributed by atoms with E-state index in [0.717, 1.165) is 105 Å². The summed E-state index contributed by atoms with van der Waals surface area (Å²) in [4.78, 5) is 43.3. The Bertz CT molecular complexity index is 1920. The fourth-order valence-corrected chi connectivity index (χ4v) is 8.73. The summed E-state index contributed by atoms with van der Waals surface area (Å²) in [5.41, 5.74) is 5.21. The monoisotopic (exact) mass is 690 g/mol. The Morgan fingerprint density at radius 2 is 1.73 bits per heavy atom. The maximum Gasteiger partial charge on any atom is 0.246 e. The number of rotatable bonds is 9. The van der Waals surface area contributed by atoms with Crippen molar-refractivity contribution in [1.29, 1.82) is 0 Å². The Labute approximate surface area is 298 Å². The molecule has 5 aliphatic heterocycles. The Morgan fingerprint density at radius 3 is 2.59 bits per heavy atom. The van der Waals surface area contributed by atoms with Gasteiger partial charge in [0.15, 0.2) is 11.5 Å². The van der Waals surface area contributed by atoms with Crippen LogP contribution in [0.3, 0.4) is 0 Å². The number of ether oxygens (including phenoxy) is 3. The summed E-state index contributed by atoms with van der Waals surface area (Å²) < 4.78 is 17.4. The number of piperazine rings is 2. The van der Waals surface area contributed by atoms with Crippen LogP contribution in [-0.4, -0.2) is 126 Å². The molecule has 51 heavy (non-hydrogen) atoms. The van der Waals surface area contributed by atoms with Gasteiger partial charge in [0.05, 0.1) is 12.6 Å². The van der Waals surface area contributed by atoms with Gasteiger partial charge in [-0.25, -0.2) is 0 Å². The first-order valence-electron chi connectivity index (χ1n) is 18.4. The molecule has 1 N–H and O–H groups in total. The number of aromatic nitrogens is 1. The predicted octanol–water partition coefficient (Wildman–Crippen LogP) is 3.87. The van der Waals surface area contributed by atoms with Crippen LogP contribution in [0.5, 0.6) is 17.2 Å². The summed E-state index contributed by atoms with van der Waals surface area (Å²) in [6, 6.07) is 21.5. The number of hydrogen-bond donors (Lipinski definition) is 1. The Hall–Kier alpha value is -4.58. The van der Waals surface area contributed by atoms with Gasteiger partial charge in [-0.3, -0.25) is 14.5 Å². The molecule has 9 rings (SSSR count). The van der Waals surface area contributed by atoms with Crippen molar-refractivity contribution in [1.82, 2.24) is 29.5 Å². The second kappa shape index (κ2) is 13.5. The molecule has 3 fully saturated rings. The number of aromatic amines is 1. The van der Waals surface area contributed by atoms with Crippen LogP contribution in [-0.2, 0) is 22.6 Å². The number of likely N-dealkylation sites (tertiary alicyclic amines) is 1. The van der Waals surface area contributed by atoms with Crippen molar-refractivity contribution < 1.29 is 23.8 Å². The average Bonchev–Trinajstić information content (AvgIpc) is 3.91. The van der Waals surface area contributed by atoms with Crippen LogP contribution in [0.15, 0.2) is 66.7 Å². The summed E-state index contributed by atoms with van der Waals surface area (Å²) in [5, 5.41) is 1.10. The quantitative estimate of drug-likeness (QED) is 0.265. The lowest BCUT2D eigenvalue weighted by atomic mass is 9.85. The van der Waals surface area contributed by atoms with E-state index in [9.17, 15) is 9.59 Å². The topological polar surface area (TPSA) is 93.8 Å². The SMILES string of the molecule is CN1CCN(CCCOc2ccc(CN3CC[C@H](N4CC(=O)N5[C@H](c6ccc7c(c6)OCO7)c6[nH]c7ccccc7c6C[C@@H]5C4=O)C3)cc2)CC1. The molecule has 0 unspecified atom stereocenters. The van der Waals surface area contributed by atoms with Gasteiger partial charge in [0, 0.05) is 81.4 Å². The molecule has 4 aromatic rings. The van der Waals surface area contributed by atoms with Gasteiger partial charge in [-0.15, -0.1) is 0 Å². The maximum absolute atomic E-state index is 14.5. The zero-order valence-electron chi connectivity index (χ0n) is 29.3. The standard InChI is InChI=1S/C40H46N6O5/c1-42-16-18-43(19-17-42)14-4-20-49-30-10-7-27(8-11-30)23-44-15-13-29(24-44)45-25-37(47)46-34(40(45)48)22-32-31-5-2-3-6-33(31)41-38(32)39(46)28-9-12-35-36(21-28)51-26-50-35/h2-3,5-12,21,29,34,39,41H,4,13-20,22-26H2,1H3/t29-,34+,39+/m0/s1. The number of H-pyrrole nitrogens is 1. The molecule has 0 aliphatic carbocycles. The number of para-hydroxylation sites is 1. The van der Waals surface area contributed by atoms with Gasteiger partial charge >= 0.3 is 0 Å². The van der Waals surface area contributed by atoms with Crippen LogP contribution < -0.4 is 14.2 Å². The van der Waals surface area contributed by atoms with E-state index in [0.29, 0.717) is 17.9 Å². The highest BCUT2D eigenvalue weighted by Gasteiger charge is 2.50. The fourth-order valence-electron chi connectivity index (χ4n) is 8.73. The molecule has 11 nitrogen and oxygen atoms in total. The third kappa shape index (κ3) is 6.21. The largest absolute Gasteiger partial charge is 0.494 e. The van der Waals surface area contributed by atoms with E-state index in [-0.39, 0.29) is 31.2 Å². The molecule has 266 valence electrons. The fraction of sp³-hybridized carbons (Fsp3) is 0.450. The van der Waals surface area contributed by atoms with Gasteiger partial charge in [0.1, 0.15) is 18.3 Å². The smallest absolute Gasteiger partial charge is 0.246 e. The molecule has 3 atom stereocenters. The molecule has 1 aromatic heterocycles. The number of hydrogen-bond acceptors (Lipinski definition) is 8. The van der Waals surface area contributed by atoms with E-state index in [1.807, 2.05) is 40.1 Å². The summed E-state index contributed by atoms with van der Waals surface area (Å²) >= 11 is 0. The zero-order valence-corrected chi connectivity index (χ0v) is 29.3. The van der Waals surface area contributed by atoms with Gasteiger partial charge < -0.3 is 38.8 Å². The van der Waals surface area contributed by atoms with Crippen LogP contribution >= 0.6 is 0 Å². The Morgan fingerprint density at radius 1 is 0.902 bits per heavy atom. The van der Waals surface area contributed by atoms with E-state index < -0.39 is 12.1 Å². The third-order valence-corrected chi connectivity index (χ3v) is 11.5. The van der Waals surface area contributed by atoms with Gasteiger partial charge in [0.25, 0.3) is 0 Å². The van der Waals surface area contributed by atoms with Crippen molar-refractivity contribution >= 4 is 22.7 Å². The molecule has 3 saturated heterocycles. The molecule has 0 radical (unpaired) electrons. The van der Waals surface area contributed by atoms with Crippen molar-refractivity contribution in [3.8, 4) is 17.2 Å². The Balaban J connectivity index is 0.860. The minimum atomic E-state index is -0.573. The van der Waals surface area contributed by atoms with Gasteiger partial charge in [-0.05, 0) is 66.9 Å². The first-order chi connectivity index (χ1) is 25.0. The second-order valence-corrected chi connectivity index (χ2v) is 14.7. The van der Waals surface area contributed by atoms with Gasteiger partial charge in [-0.1, -0.05) is 36.4 Å². The highest BCUT2D eigenvalue weighted by atomic mass is 16.7. The highest BCUT2D eigenvalue weighted by molar-refractivity contribution is 5.98. The van der Waals surface area contributed by atoms with E-state index in [4.69, 9.17) is 14.2 Å². The van der Waals surface area contributed by atoms with E-state index in [1.54, 1.807) is 0 Å². The number of amides is 2. The van der Waals surface area contributed by atoms with Crippen LogP contribution in [0.2, 0.25) is 0 Å². The molecular formula is C40H46N6O5. The molecule has 0 bridgehead atoms. The van der Waals surface area contributed by atoms with Crippen molar-refractivity contribution in [2.45, 2.75) is 43.9 Å². The minimum Gasteiger partial charge on any atom is -0.494 e. The summed E-state index contributed by atoms with van der Waals surface area (Å²) in [7, 11) is 2.19. The van der Waals surface area contributed by atoms with Crippen LogP contribution in [0, 0.1) is 0 Å². The van der Waals surface area contributed by atoms with Crippen molar-refractivity contribution in [3.63, 3.8) is 0 Å². The number of carbonyl (C=O) groups is 2. The Kier molecular flexibility index (Phi) is 8.57. The average molecular weight is 691 g/mol. The number of likely N-dealkylation sites (N-methyl/N-ethyl adjacent to an activating group) is 1. The lowest BCUT2D eigenvalue weighted by molar-refractivity contribution is -0.160. The van der Waals surface area contributed by atoms with Gasteiger partial charge in [0.2, 0.25) is 18.6 Å². The number of fused-ring (bicyclic) bond motifs is 5. The maximum atomic E-state index is 14.5. The number of benzene rings is 3. The molecule has 11 heteroatoms. The number of nitrogens with one attached hydrogen (secondary N) is 1. The predicted molar refractivity (Wildman–Crippen MR) is 193 cm³/mol. The highest BCUT2D eigenvalue weighted by Crippen LogP contribution is 2.45. The molecule has 0 spiro atoms.